The Morgan fingerprint density at radius 1 is 1.69 bits per heavy atom. The van der Waals surface area contributed by atoms with Crippen LogP contribution in [0.15, 0.2) is 6.20 Å². The molecular weight excluding hydrogens is 184 g/mol. The molecule has 0 saturated carbocycles. The van der Waals surface area contributed by atoms with Crippen LogP contribution in [0.5, 0.6) is 0 Å². The molecule has 1 heterocycles. The number of nitrogens with zero attached hydrogens (tertiary/aromatic N) is 1. The maximum atomic E-state index is 8.64. The Kier molecular flexibility index (Phi) is 4.35. The predicted octanol–water partition coefficient (Wildman–Crippen LogP) is 0.958. The van der Waals surface area contributed by atoms with Gasteiger partial charge >= 0.3 is 0 Å². The first-order chi connectivity index (χ1) is 6.22. The molecule has 0 aromatic carbocycles. The van der Waals surface area contributed by atoms with Crippen LogP contribution in [0.4, 0.5) is 0 Å². The molecule has 0 amide bonds. The van der Waals surface area contributed by atoms with Gasteiger partial charge in [-0.15, -0.1) is 11.3 Å². The van der Waals surface area contributed by atoms with Gasteiger partial charge in [0.15, 0.2) is 0 Å². The molecule has 74 valence electrons. The summed E-state index contributed by atoms with van der Waals surface area (Å²) in [6, 6.07) is 0.200. The minimum Gasteiger partial charge on any atom is -0.396 e. The number of hydrogen-bond acceptors (Lipinski definition) is 4. The zero-order valence-electron chi connectivity index (χ0n) is 7.86. The number of aryl methyl sites for hydroxylation is 1. The summed E-state index contributed by atoms with van der Waals surface area (Å²) < 4.78 is 0. The molecule has 0 radical (unpaired) electrons. The van der Waals surface area contributed by atoms with E-state index < -0.39 is 0 Å². The van der Waals surface area contributed by atoms with E-state index in [1.165, 1.54) is 4.88 Å². The fourth-order valence-electron chi connectivity index (χ4n) is 1.11. The molecule has 1 unspecified atom stereocenters. The molecule has 0 fully saturated rings. The Bertz CT molecular complexity index is 248. The van der Waals surface area contributed by atoms with E-state index in [2.05, 4.69) is 4.98 Å². The highest BCUT2D eigenvalue weighted by atomic mass is 32.1. The van der Waals surface area contributed by atoms with E-state index >= 15 is 0 Å². The van der Waals surface area contributed by atoms with Crippen molar-refractivity contribution in [1.29, 1.82) is 0 Å². The SMILES string of the molecule is CC(N)Cc1cnc(CCCO)s1. The fraction of sp³-hybridized carbons (Fsp3) is 0.667. The van der Waals surface area contributed by atoms with Gasteiger partial charge in [0.05, 0.1) is 5.01 Å². The Labute approximate surface area is 82.6 Å². The van der Waals surface area contributed by atoms with E-state index in [0.29, 0.717) is 0 Å². The lowest BCUT2D eigenvalue weighted by atomic mass is 10.2. The van der Waals surface area contributed by atoms with E-state index in [4.69, 9.17) is 10.8 Å². The molecule has 0 aliphatic heterocycles. The maximum Gasteiger partial charge on any atom is 0.0928 e. The van der Waals surface area contributed by atoms with Crippen molar-refractivity contribution in [2.24, 2.45) is 5.73 Å². The number of hydrogen-bond donors (Lipinski definition) is 2. The van der Waals surface area contributed by atoms with Gasteiger partial charge in [-0.2, -0.15) is 0 Å². The van der Waals surface area contributed by atoms with E-state index in [9.17, 15) is 0 Å². The highest BCUT2D eigenvalue weighted by Crippen LogP contribution is 2.15. The van der Waals surface area contributed by atoms with Crippen LogP contribution in [0.3, 0.4) is 0 Å². The smallest absolute Gasteiger partial charge is 0.0928 e. The standard InChI is InChI=1S/C9H16N2OS/c1-7(10)5-8-6-11-9(13-8)3-2-4-12/h6-7,12H,2-5,10H2,1H3. The third-order valence-corrected chi connectivity index (χ3v) is 2.75. The van der Waals surface area contributed by atoms with Crippen molar-refractivity contribution in [2.75, 3.05) is 6.61 Å². The minimum absolute atomic E-state index is 0.200. The second kappa shape index (κ2) is 5.32. The average molecular weight is 200 g/mol. The summed E-state index contributed by atoms with van der Waals surface area (Å²) in [5, 5.41) is 9.74. The molecule has 0 aliphatic carbocycles. The normalized spacial score (nSPS) is 13.2. The second-order valence-electron chi connectivity index (χ2n) is 3.23. The monoisotopic (exact) mass is 200 g/mol. The van der Waals surface area contributed by atoms with Crippen LogP contribution >= 0.6 is 11.3 Å². The van der Waals surface area contributed by atoms with Crippen LogP contribution in [0.2, 0.25) is 0 Å². The van der Waals surface area contributed by atoms with Crippen LogP contribution in [0.1, 0.15) is 23.2 Å². The summed E-state index contributed by atoms with van der Waals surface area (Å²) >= 11 is 1.70. The number of rotatable bonds is 5. The van der Waals surface area contributed by atoms with Gasteiger partial charge in [-0.05, 0) is 19.8 Å². The molecule has 13 heavy (non-hydrogen) atoms. The zero-order chi connectivity index (χ0) is 9.68. The number of aliphatic hydroxyl groups is 1. The first kappa shape index (κ1) is 10.6. The molecule has 4 heteroatoms. The zero-order valence-corrected chi connectivity index (χ0v) is 8.68. The number of thiazole rings is 1. The van der Waals surface area contributed by atoms with Crippen molar-refractivity contribution in [3.8, 4) is 0 Å². The van der Waals surface area contributed by atoms with Crippen molar-refractivity contribution in [3.63, 3.8) is 0 Å². The lowest BCUT2D eigenvalue weighted by Gasteiger charge is -1.99. The Balaban J connectivity index is 2.44. The Morgan fingerprint density at radius 3 is 3.08 bits per heavy atom. The molecule has 3 N–H and O–H groups in total. The van der Waals surface area contributed by atoms with E-state index in [-0.39, 0.29) is 12.6 Å². The van der Waals surface area contributed by atoms with Crippen LogP contribution in [0, 0.1) is 0 Å². The summed E-state index contributed by atoms with van der Waals surface area (Å²) in [5.41, 5.74) is 5.67. The van der Waals surface area contributed by atoms with Crippen molar-refractivity contribution in [2.45, 2.75) is 32.2 Å². The molecule has 0 spiro atoms. The third-order valence-electron chi connectivity index (χ3n) is 1.67. The number of aromatic nitrogens is 1. The highest BCUT2D eigenvalue weighted by Gasteiger charge is 2.03. The van der Waals surface area contributed by atoms with Crippen LogP contribution in [0.25, 0.3) is 0 Å². The lowest BCUT2D eigenvalue weighted by Crippen LogP contribution is -2.16. The van der Waals surface area contributed by atoms with Crippen molar-refractivity contribution < 1.29 is 5.11 Å². The summed E-state index contributed by atoms with van der Waals surface area (Å²) in [6.07, 6.45) is 4.46. The van der Waals surface area contributed by atoms with Crippen LogP contribution in [-0.4, -0.2) is 22.7 Å². The fourth-order valence-corrected chi connectivity index (χ4v) is 2.21. The van der Waals surface area contributed by atoms with Crippen molar-refractivity contribution >= 4 is 11.3 Å². The molecule has 0 aliphatic rings. The van der Waals surface area contributed by atoms with Crippen molar-refractivity contribution in [1.82, 2.24) is 4.98 Å². The first-order valence-corrected chi connectivity index (χ1v) is 5.34. The van der Waals surface area contributed by atoms with E-state index in [0.717, 1.165) is 24.3 Å². The minimum atomic E-state index is 0.200. The van der Waals surface area contributed by atoms with Gasteiger partial charge in [-0.3, -0.25) is 0 Å². The molecule has 1 rings (SSSR count). The van der Waals surface area contributed by atoms with Gasteiger partial charge < -0.3 is 10.8 Å². The second-order valence-corrected chi connectivity index (χ2v) is 4.43. The topological polar surface area (TPSA) is 59.1 Å². The van der Waals surface area contributed by atoms with Gasteiger partial charge in [-0.1, -0.05) is 0 Å². The van der Waals surface area contributed by atoms with E-state index in [1.807, 2.05) is 13.1 Å². The molecule has 0 bridgehead atoms. The van der Waals surface area contributed by atoms with Gasteiger partial charge in [0.1, 0.15) is 0 Å². The Hall–Kier alpha value is -0.450. The Morgan fingerprint density at radius 2 is 2.46 bits per heavy atom. The maximum absolute atomic E-state index is 8.64. The van der Waals surface area contributed by atoms with E-state index in [1.54, 1.807) is 11.3 Å². The van der Waals surface area contributed by atoms with Crippen LogP contribution < -0.4 is 5.73 Å². The quantitative estimate of drug-likeness (QED) is 0.744. The summed E-state index contributed by atoms with van der Waals surface area (Å²) in [5.74, 6) is 0. The summed E-state index contributed by atoms with van der Waals surface area (Å²) in [6.45, 7) is 2.23. The summed E-state index contributed by atoms with van der Waals surface area (Å²) in [4.78, 5) is 5.50. The van der Waals surface area contributed by atoms with Crippen molar-refractivity contribution in [3.05, 3.63) is 16.1 Å². The summed E-state index contributed by atoms with van der Waals surface area (Å²) in [7, 11) is 0. The highest BCUT2D eigenvalue weighted by molar-refractivity contribution is 7.11. The molecule has 1 aromatic heterocycles. The first-order valence-electron chi connectivity index (χ1n) is 4.52. The lowest BCUT2D eigenvalue weighted by molar-refractivity contribution is 0.288. The third kappa shape index (κ3) is 3.85. The number of aliphatic hydroxyl groups excluding tert-OH is 1. The average Bonchev–Trinajstić information content (AvgIpc) is 2.48. The molecule has 0 saturated heterocycles. The van der Waals surface area contributed by atoms with Gasteiger partial charge in [-0.25, -0.2) is 4.98 Å². The largest absolute Gasteiger partial charge is 0.396 e. The van der Waals surface area contributed by atoms with Gasteiger partial charge in [0.2, 0.25) is 0 Å². The van der Waals surface area contributed by atoms with Gasteiger partial charge in [0, 0.05) is 30.1 Å². The molecule has 1 atom stereocenters. The number of nitrogens with two attached hydrogens (primary N) is 1. The molecular formula is C9H16N2OS. The molecule has 1 aromatic rings. The molecule has 3 nitrogen and oxygen atoms in total. The van der Waals surface area contributed by atoms with Gasteiger partial charge in [0.25, 0.3) is 0 Å². The van der Waals surface area contributed by atoms with Crippen LogP contribution in [-0.2, 0) is 12.8 Å². The predicted molar refractivity (Wildman–Crippen MR) is 54.9 cm³/mol.